The van der Waals surface area contributed by atoms with Crippen molar-refractivity contribution in [2.24, 2.45) is 0 Å². The zero-order valence-corrected chi connectivity index (χ0v) is 19.3. The first-order valence-electron chi connectivity index (χ1n) is 12.3. The molecule has 6 heteroatoms. The number of hydrogen-bond donors (Lipinski definition) is 1. The monoisotopic (exact) mass is 466 g/mol. The number of oxazole rings is 1. The number of carbonyl (C=O) groups excluding carboxylic acids is 1. The molecule has 2 bridgehead atoms. The highest BCUT2D eigenvalue weighted by atomic mass is 16.6. The minimum absolute atomic E-state index is 0.0394. The normalized spacial score (nSPS) is 25.0. The molecule has 3 aliphatic rings. The zero-order valence-electron chi connectivity index (χ0n) is 19.3. The number of fused-ring (bicyclic) bond motifs is 6. The van der Waals surface area contributed by atoms with Gasteiger partial charge in [-0.3, -0.25) is 0 Å². The highest BCUT2D eigenvalue weighted by Gasteiger charge is 2.51. The van der Waals surface area contributed by atoms with Crippen molar-refractivity contribution in [1.82, 2.24) is 9.88 Å². The molecule has 35 heavy (non-hydrogen) atoms. The Bertz CT molecular complexity index is 1380. The molecule has 3 heterocycles. The fourth-order valence-electron chi connectivity index (χ4n) is 6.57. The van der Waals surface area contributed by atoms with Gasteiger partial charge in [-0.25, -0.2) is 9.78 Å². The largest absolute Gasteiger partial charge is 0.448 e. The Hall–Kier alpha value is -3.64. The topological polar surface area (TPSA) is 75.8 Å². The van der Waals surface area contributed by atoms with Crippen molar-refractivity contribution in [3.8, 4) is 11.1 Å². The van der Waals surface area contributed by atoms with Crippen molar-refractivity contribution >= 4 is 17.2 Å². The quantitative estimate of drug-likeness (QED) is 0.426. The van der Waals surface area contributed by atoms with E-state index >= 15 is 0 Å². The first-order valence-corrected chi connectivity index (χ1v) is 12.3. The molecule has 2 atom stereocenters. The number of piperidine rings is 1. The van der Waals surface area contributed by atoms with Gasteiger partial charge in [-0.05, 0) is 52.8 Å². The van der Waals surface area contributed by atoms with E-state index in [0.717, 1.165) is 23.9 Å². The van der Waals surface area contributed by atoms with Gasteiger partial charge in [0.15, 0.2) is 12.0 Å². The van der Waals surface area contributed by atoms with Crippen LogP contribution in [0, 0.1) is 0 Å². The van der Waals surface area contributed by atoms with Crippen molar-refractivity contribution in [1.29, 1.82) is 0 Å². The van der Waals surface area contributed by atoms with Gasteiger partial charge in [-0.2, -0.15) is 0 Å². The highest BCUT2D eigenvalue weighted by Crippen LogP contribution is 2.47. The van der Waals surface area contributed by atoms with E-state index in [1.165, 1.54) is 28.6 Å². The summed E-state index contributed by atoms with van der Waals surface area (Å²) < 4.78 is 11.3. The summed E-state index contributed by atoms with van der Waals surface area (Å²) in [6, 6.07) is 22.3. The minimum Gasteiger partial charge on any atom is -0.448 e. The van der Waals surface area contributed by atoms with Crippen LogP contribution in [0.1, 0.15) is 48.3 Å². The molecule has 1 amide bonds. The smallest absolute Gasteiger partial charge is 0.410 e. The second kappa shape index (κ2) is 7.68. The van der Waals surface area contributed by atoms with Gasteiger partial charge in [-0.15, -0.1) is 0 Å². The molecule has 4 aromatic rings. The summed E-state index contributed by atoms with van der Waals surface area (Å²) in [4.78, 5) is 19.4. The average molecular weight is 467 g/mol. The molecule has 2 aliphatic heterocycles. The van der Waals surface area contributed by atoms with E-state index in [9.17, 15) is 9.90 Å². The summed E-state index contributed by atoms with van der Waals surface area (Å²) in [5, 5.41) is 11.6. The molecule has 6 nitrogen and oxygen atoms in total. The van der Waals surface area contributed by atoms with Gasteiger partial charge < -0.3 is 19.2 Å². The summed E-state index contributed by atoms with van der Waals surface area (Å²) in [6.07, 6.45) is 3.90. The van der Waals surface area contributed by atoms with Crippen molar-refractivity contribution in [2.75, 3.05) is 6.61 Å². The maximum absolute atomic E-state index is 13.3. The van der Waals surface area contributed by atoms with Crippen molar-refractivity contribution < 1.29 is 19.1 Å². The van der Waals surface area contributed by atoms with Crippen LogP contribution in [0.5, 0.6) is 0 Å². The van der Waals surface area contributed by atoms with Crippen LogP contribution in [0.25, 0.3) is 22.2 Å². The predicted octanol–water partition coefficient (Wildman–Crippen LogP) is 5.59. The average Bonchev–Trinajstić information content (AvgIpc) is 3.55. The number of ether oxygens (including phenoxy) is 1. The molecule has 0 radical (unpaired) electrons. The number of amides is 1. The molecule has 0 saturated carbocycles. The summed E-state index contributed by atoms with van der Waals surface area (Å²) in [5.41, 5.74) is 6.15. The van der Waals surface area contributed by atoms with Gasteiger partial charge in [0.05, 0.1) is 5.60 Å². The lowest BCUT2D eigenvalue weighted by atomic mass is 9.80. The number of benzene rings is 3. The minimum atomic E-state index is -0.987. The highest BCUT2D eigenvalue weighted by molar-refractivity contribution is 5.79. The van der Waals surface area contributed by atoms with E-state index in [2.05, 4.69) is 41.4 Å². The Balaban J connectivity index is 1.09. The number of rotatable bonds is 3. The number of nitrogens with zero attached hydrogens (tertiary/aromatic N) is 2. The number of carbonyl (C=O) groups is 1. The Morgan fingerprint density at radius 1 is 1.00 bits per heavy atom. The summed E-state index contributed by atoms with van der Waals surface area (Å²) >= 11 is 0. The molecule has 7 rings (SSSR count). The lowest BCUT2D eigenvalue weighted by Gasteiger charge is -2.43. The maximum Gasteiger partial charge on any atom is 0.410 e. The van der Waals surface area contributed by atoms with E-state index in [1.807, 2.05) is 35.2 Å². The van der Waals surface area contributed by atoms with Gasteiger partial charge in [-0.1, -0.05) is 54.6 Å². The molecule has 2 unspecified atom stereocenters. The zero-order chi connectivity index (χ0) is 23.6. The summed E-state index contributed by atoms with van der Waals surface area (Å²) in [7, 11) is 0. The molecule has 1 aromatic heterocycles. The Morgan fingerprint density at radius 2 is 1.66 bits per heavy atom. The Labute approximate surface area is 203 Å². The van der Waals surface area contributed by atoms with E-state index < -0.39 is 5.60 Å². The van der Waals surface area contributed by atoms with Crippen molar-refractivity contribution in [2.45, 2.75) is 49.3 Å². The second-order valence-electron chi connectivity index (χ2n) is 10.1. The van der Waals surface area contributed by atoms with Crippen LogP contribution >= 0.6 is 0 Å². The Morgan fingerprint density at radius 3 is 2.34 bits per heavy atom. The van der Waals surface area contributed by atoms with Gasteiger partial charge >= 0.3 is 6.09 Å². The lowest BCUT2D eigenvalue weighted by Crippen LogP contribution is -2.52. The van der Waals surface area contributed by atoms with Crippen molar-refractivity contribution in [3.05, 3.63) is 89.8 Å². The van der Waals surface area contributed by atoms with E-state index in [0.29, 0.717) is 25.0 Å². The summed E-state index contributed by atoms with van der Waals surface area (Å²) in [6.45, 7) is 0.315. The maximum atomic E-state index is 13.3. The molecular formula is C29H26N2O4. The van der Waals surface area contributed by atoms with Gasteiger partial charge in [0, 0.05) is 30.8 Å². The fraction of sp³-hybridized carbons (Fsp3) is 0.310. The first-order chi connectivity index (χ1) is 17.1. The SMILES string of the molecule is O=C(OCC1c2ccccc2-c2ccccc21)N1C2CCC1CC(O)(c1ccc3ocnc3c1)C2. The fourth-order valence-corrected chi connectivity index (χ4v) is 6.57. The lowest BCUT2D eigenvalue weighted by molar-refractivity contribution is -0.0530. The Kier molecular flexibility index (Phi) is 4.55. The molecule has 2 saturated heterocycles. The van der Waals surface area contributed by atoms with Crippen LogP contribution in [0.4, 0.5) is 4.79 Å². The molecule has 2 fully saturated rings. The molecule has 1 N–H and O–H groups in total. The molecule has 1 aliphatic carbocycles. The number of aromatic nitrogens is 1. The van der Waals surface area contributed by atoms with Crippen LogP contribution in [0.3, 0.4) is 0 Å². The third-order valence-electron chi connectivity index (χ3n) is 8.18. The van der Waals surface area contributed by atoms with E-state index in [4.69, 9.17) is 9.15 Å². The van der Waals surface area contributed by atoms with Crippen LogP contribution in [0.2, 0.25) is 0 Å². The number of hydrogen-bond acceptors (Lipinski definition) is 5. The standard InChI is InChI=1S/C29H26N2O4/c32-28(34-16-25-23-7-3-1-5-21(23)22-6-2-4-8-24(22)25)31-19-10-11-20(31)15-29(33,14-19)18-9-12-27-26(13-18)30-17-35-27/h1-9,12-13,17,19-20,25,33H,10-11,14-16H2. The third kappa shape index (κ3) is 3.20. The van der Waals surface area contributed by atoms with Gasteiger partial charge in [0.1, 0.15) is 12.1 Å². The van der Waals surface area contributed by atoms with Crippen LogP contribution in [-0.2, 0) is 10.3 Å². The van der Waals surface area contributed by atoms with E-state index in [-0.39, 0.29) is 24.1 Å². The van der Waals surface area contributed by atoms with Crippen molar-refractivity contribution in [3.63, 3.8) is 0 Å². The van der Waals surface area contributed by atoms with Crippen LogP contribution in [0.15, 0.2) is 77.5 Å². The first kappa shape index (κ1) is 20.7. The second-order valence-corrected chi connectivity index (χ2v) is 10.1. The van der Waals surface area contributed by atoms with Crippen LogP contribution in [-0.4, -0.2) is 39.8 Å². The van der Waals surface area contributed by atoms with Gasteiger partial charge in [0.25, 0.3) is 0 Å². The van der Waals surface area contributed by atoms with Crippen LogP contribution < -0.4 is 0 Å². The third-order valence-corrected chi connectivity index (χ3v) is 8.18. The number of aliphatic hydroxyl groups is 1. The van der Waals surface area contributed by atoms with Gasteiger partial charge in [0.2, 0.25) is 0 Å². The molecule has 176 valence electrons. The molecule has 3 aromatic carbocycles. The molecular weight excluding hydrogens is 440 g/mol. The van der Waals surface area contributed by atoms with E-state index in [1.54, 1.807) is 0 Å². The summed E-state index contributed by atoms with van der Waals surface area (Å²) in [5.74, 6) is 0.0416. The molecule has 0 spiro atoms. The predicted molar refractivity (Wildman–Crippen MR) is 131 cm³/mol.